The fraction of sp³-hybridized carbons (Fsp3) is 0.438. The van der Waals surface area contributed by atoms with Gasteiger partial charge in [-0.1, -0.05) is 35.9 Å². The van der Waals surface area contributed by atoms with Crippen LogP contribution in [-0.4, -0.2) is 19.2 Å². The van der Waals surface area contributed by atoms with Crippen LogP contribution in [0.25, 0.3) is 0 Å². The Bertz CT molecular complexity index is 429. The molecule has 3 heteroatoms. The van der Waals surface area contributed by atoms with Crippen LogP contribution in [0.1, 0.15) is 25.3 Å². The van der Waals surface area contributed by atoms with E-state index in [0.717, 1.165) is 19.4 Å². The highest BCUT2D eigenvalue weighted by molar-refractivity contribution is 5.83. The maximum Gasteiger partial charge on any atom is 0.330 e. The maximum absolute atomic E-state index is 11.2. The van der Waals surface area contributed by atoms with Crippen LogP contribution < -0.4 is 0 Å². The van der Waals surface area contributed by atoms with E-state index in [-0.39, 0.29) is 5.97 Å². The molecule has 3 nitrogen and oxygen atoms in total. The Labute approximate surface area is 114 Å². The Kier molecular flexibility index (Phi) is 5.16. The smallest absolute Gasteiger partial charge is 0.330 e. The maximum atomic E-state index is 11.2. The molecule has 0 aromatic heterocycles. The second-order valence-electron chi connectivity index (χ2n) is 4.83. The summed E-state index contributed by atoms with van der Waals surface area (Å²) in [6.07, 6.45) is 3.53. The van der Waals surface area contributed by atoms with Crippen molar-refractivity contribution in [3.8, 4) is 0 Å². The van der Waals surface area contributed by atoms with Gasteiger partial charge in [-0.3, -0.25) is 0 Å². The van der Waals surface area contributed by atoms with Crippen LogP contribution in [0.5, 0.6) is 0 Å². The molecule has 0 spiro atoms. The first-order chi connectivity index (χ1) is 9.28. The molecule has 1 saturated carbocycles. The largest absolute Gasteiger partial charge is 0.463 e. The molecule has 1 aliphatic carbocycles. The highest BCUT2D eigenvalue weighted by Gasteiger charge is 2.24. The normalized spacial score (nSPS) is 17.7. The second-order valence-corrected chi connectivity index (χ2v) is 4.83. The van der Waals surface area contributed by atoms with E-state index < -0.39 is 0 Å². The topological polar surface area (TPSA) is 35.5 Å². The van der Waals surface area contributed by atoms with Gasteiger partial charge >= 0.3 is 5.97 Å². The predicted molar refractivity (Wildman–Crippen MR) is 73.5 cm³/mol. The molecule has 1 aliphatic rings. The minimum absolute atomic E-state index is 0.221. The third kappa shape index (κ3) is 4.52. The van der Waals surface area contributed by atoms with E-state index in [1.807, 2.05) is 25.1 Å². The van der Waals surface area contributed by atoms with Gasteiger partial charge in [0.2, 0.25) is 0 Å². The van der Waals surface area contributed by atoms with E-state index in [9.17, 15) is 4.79 Å². The summed E-state index contributed by atoms with van der Waals surface area (Å²) in [6.45, 7) is 3.67. The van der Waals surface area contributed by atoms with E-state index in [2.05, 4.69) is 12.1 Å². The average molecular weight is 260 g/mol. The number of carbonyl (C=O) groups excluding carboxylic acids is 1. The molecule has 0 aliphatic heterocycles. The van der Waals surface area contributed by atoms with E-state index in [1.165, 1.54) is 11.1 Å². The molecule has 1 aromatic rings. The van der Waals surface area contributed by atoms with E-state index >= 15 is 0 Å². The summed E-state index contributed by atoms with van der Waals surface area (Å²) in [4.78, 5) is 11.2. The van der Waals surface area contributed by atoms with Crippen LogP contribution in [0.3, 0.4) is 0 Å². The van der Waals surface area contributed by atoms with Crippen molar-refractivity contribution >= 4 is 5.97 Å². The summed E-state index contributed by atoms with van der Waals surface area (Å²) in [6, 6.07) is 10.2. The number of hydrogen-bond acceptors (Lipinski definition) is 3. The molecule has 102 valence electrons. The van der Waals surface area contributed by atoms with Crippen LogP contribution in [0.15, 0.2) is 42.0 Å². The summed E-state index contributed by atoms with van der Waals surface area (Å²) in [5.74, 6) is 0.325. The predicted octanol–water partition coefficient (Wildman–Crippen LogP) is 3.10. The van der Waals surface area contributed by atoms with Gasteiger partial charge in [0.05, 0.1) is 19.8 Å². The zero-order valence-electron chi connectivity index (χ0n) is 11.3. The first-order valence-corrected chi connectivity index (χ1v) is 6.75. The molecule has 0 unspecified atom stereocenters. The fourth-order valence-electron chi connectivity index (χ4n) is 2.19. The van der Waals surface area contributed by atoms with E-state index in [4.69, 9.17) is 9.47 Å². The molecule has 0 saturated heterocycles. The molecule has 0 N–H and O–H groups in total. The van der Waals surface area contributed by atoms with Crippen molar-refractivity contribution in [2.45, 2.75) is 26.4 Å². The highest BCUT2D eigenvalue weighted by atomic mass is 16.5. The van der Waals surface area contributed by atoms with Gasteiger partial charge in [-0.15, -0.1) is 0 Å². The molecule has 1 aromatic carbocycles. The Morgan fingerprint density at radius 1 is 1.32 bits per heavy atom. The Hall–Kier alpha value is -1.61. The number of carbonyl (C=O) groups is 1. The van der Waals surface area contributed by atoms with Crippen molar-refractivity contribution in [3.63, 3.8) is 0 Å². The highest BCUT2D eigenvalue weighted by Crippen LogP contribution is 2.33. The zero-order chi connectivity index (χ0) is 13.5. The van der Waals surface area contributed by atoms with Gasteiger partial charge in [0.1, 0.15) is 0 Å². The van der Waals surface area contributed by atoms with Gasteiger partial charge in [0, 0.05) is 6.08 Å². The molecular weight excluding hydrogens is 240 g/mol. The number of ether oxygens (including phenoxy) is 2. The van der Waals surface area contributed by atoms with Gasteiger partial charge < -0.3 is 9.47 Å². The summed E-state index contributed by atoms with van der Waals surface area (Å²) in [5, 5.41) is 0. The third-order valence-electron chi connectivity index (χ3n) is 3.18. The van der Waals surface area contributed by atoms with E-state index in [1.54, 1.807) is 6.08 Å². The molecular formula is C16H20O3. The molecule has 0 bridgehead atoms. The summed E-state index contributed by atoms with van der Waals surface area (Å²) in [7, 11) is 0. The van der Waals surface area contributed by atoms with Gasteiger partial charge in [0.25, 0.3) is 0 Å². The lowest BCUT2D eigenvalue weighted by molar-refractivity contribution is -0.137. The lowest BCUT2D eigenvalue weighted by atomic mass is 9.80. The second kappa shape index (κ2) is 7.10. The van der Waals surface area contributed by atoms with E-state index in [0.29, 0.717) is 19.1 Å². The van der Waals surface area contributed by atoms with Crippen molar-refractivity contribution in [1.82, 2.24) is 0 Å². The van der Waals surface area contributed by atoms with Crippen molar-refractivity contribution in [1.29, 1.82) is 0 Å². The van der Waals surface area contributed by atoms with Crippen molar-refractivity contribution in [2.24, 2.45) is 5.92 Å². The fourth-order valence-corrected chi connectivity index (χ4v) is 2.19. The molecule has 0 atom stereocenters. The van der Waals surface area contributed by atoms with Crippen molar-refractivity contribution in [2.75, 3.05) is 13.2 Å². The van der Waals surface area contributed by atoms with Gasteiger partial charge in [-0.25, -0.2) is 4.79 Å². The minimum atomic E-state index is -0.221. The lowest BCUT2D eigenvalue weighted by Gasteiger charge is -2.28. The van der Waals surface area contributed by atoms with Crippen molar-refractivity contribution in [3.05, 3.63) is 47.5 Å². The van der Waals surface area contributed by atoms with Gasteiger partial charge in [0.15, 0.2) is 0 Å². The molecule has 2 rings (SSSR count). The number of benzene rings is 1. The monoisotopic (exact) mass is 260 g/mol. The quantitative estimate of drug-likeness (QED) is 0.582. The third-order valence-corrected chi connectivity index (χ3v) is 3.18. The Morgan fingerprint density at radius 2 is 2.05 bits per heavy atom. The minimum Gasteiger partial charge on any atom is -0.463 e. The van der Waals surface area contributed by atoms with Crippen LogP contribution >= 0.6 is 0 Å². The summed E-state index contributed by atoms with van der Waals surface area (Å²) in [5.41, 5.74) is 2.37. The molecule has 0 radical (unpaired) electrons. The lowest BCUT2D eigenvalue weighted by Crippen LogP contribution is -2.21. The van der Waals surface area contributed by atoms with Crippen LogP contribution in [0.2, 0.25) is 0 Å². The molecule has 19 heavy (non-hydrogen) atoms. The zero-order valence-corrected chi connectivity index (χ0v) is 11.3. The molecule has 0 heterocycles. The van der Waals surface area contributed by atoms with Gasteiger partial charge in [-0.05, 0) is 31.2 Å². The first kappa shape index (κ1) is 13.8. The van der Waals surface area contributed by atoms with Crippen molar-refractivity contribution < 1.29 is 14.3 Å². The molecule has 1 fully saturated rings. The summed E-state index contributed by atoms with van der Waals surface area (Å²) < 4.78 is 10.6. The van der Waals surface area contributed by atoms with Crippen LogP contribution in [0, 0.1) is 5.92 Å². The Balaban J connectivity index is 1.62. The standard InChI is InChI=1S/C16H20O3/c1-2-19-16(17)10-14-8-15(9-14)12-18-11-13-6-4-3-5-7-13/h3-7,10,15H,2,8-9,11-12H2,1H3. The number of allylic oxidation sites excluding steroid dienone is 1. The molecule has 0 amide bonds. The number of hydrogen-bond donors (Lipinski definition) is 0. The van der Waals surface area contributed by atoms with Crippen LogP contribution in [-0.2, 0) is 20.9 Å². The number of rotatable bonds is 6. The Morgan fingerprint density at radius 3 is 2.74 bits per heavy atom. The SMILES string of the molecule is CCOC(=O)C=C1CC(COCc2ccccc2)C1. The first-order valence-electron chi connectivity index (χ1n) is 6.75. The van der Waals surface area contributed by atoms with Crippen LogP contribution in [0.4, 0.5) is 0 Å². The van der Waals surface area contributed by atoms with Gasteiger partial charge in [-0.2, -0.15) is 0 Å². The summed E-state index contributed by atoms with van der Waals surface area (Å²) >= 11 is 0. The average Bonchev–Trinajstić information content (AvgIpc) is 2.37. The number of esters is 1.